The summed E-state index contributed by atoms with van der Waals surface area (Å²) in [7, 11) is 1.58. The Kier molecular flexibility index (Phi) is 8.44. The third-order valence-electron chi connectivity index (χ3n) is 3.84. The molecule has 7 nitrogen and oxygen atoms in total. The molecular formula is C22H24N2O5. The van der Waals surface area contributed by atoms with Crippen LogP contribution in [-0.2, 0) is 19.1 Å². The molecule has 0 radical (unpaired) electrons. The molecule has 0 aromatic heterocycles. The normalized spacial score (nSPS) is 10.4. The molecule has 0 unspecified atom stereocenters. The molecule has 7 heteroatoms. The van der Waals surface area contributed by atoms with Gasteiger partial charge in [0.05, 0.1) is 13.5 Å². The topological polar surface area (TPSA) is 93.7 Å². The van der Waals surface area contributed by atoms with Crippen molar-refractivity contribution in [3.8, 4) is 5.75 Å². The maximum absolute atomic E-state index is 11.8. The molecule has 0 aliphatic heterocycles. The number of rotatable bonds is 9. The third-order valence-corrected chi connectivity index (χ3v) is 3.84. The fraction of sp³-hybridized carbons (Fsp3) is 0.227. The van der Waals surface area contributed by atoms with E-state index in [4.69, 9.17) is 9.47 Å². The minimum atomic E-state index is -0.566. The summed E-state index contributed by atoms with van der Waals surface area (Å²) in [5.41, 5.74) is 2.50. The van der Waals surface area contributed by atoms with Gasteiger partial charge in [-0.3, -0.25) is 14.4 Å². The number of methoxy groups -OCH3 is 1. The molecular weight excluding hydrogens is 372 g/mol. The van der Waals surface area contributed by atoms with Crippen LogP contribution in [0.5, 0.6) is 5.75 Å². The van der Waals surface area contributed by atoms with Crippen molar-refractivity contribution in [1.82, 2.24) is 5.32 Å². The minimum Gasteiger partial charge on any atom is -0.497 e. The van der Waals surface area contributed by atoms with E-state index in [1.165, 1.54) is 6.08 Å². The second-order valence-electron chi connectivity index (χ2n) is 6.23. The Hall–Kier alpha value is -3.61. The zero-order valence-electron chi connectivity index (χ0n) is 16.4. The minimum absolute atomic E-state index is 0.0279. The highest BCUT2D eigenvalue weighted by Gasteiger charge is 2.08. The van der Waals surface area contributed by atoms with Gasteiger partial charge in [0.2, 0.25) is 5.91 Å². The van der Waals surface area contributed by atoms with Gasteiger partial charge in [0.1, 0.15) is 5.75 Å². The number of ether oxygens (including phenoxy) is 2. The van der Waals surface area contributed by atoms with Crippen molar-refractivity contribution in [2.45, 2.75) is 13.3 Å². The molecule has 0 aliphatic carbocycles. The molecule has 0 spiro atoms. The van der Waals surface area contributed by atoms with E-state index < -0.39 is 11.9 Å². The maximum atomic E-state index is 11.8. The molecule has 0 saturated heterocycles. The lowest BCUT2D eigenvalue weighted by molar-refractivity contribution is -0.147. The van der Waals surface area contributed by atoms with E-state index >= 15 is 0 Å². The zero-order chi connectivity index (χ0) is 21.1. The van der Waals surface area contributed by atoms with Gasteiger partial charge in [-0.2, -0.15) is 0 Å². The second-order valence-corrected chi connectivity index (χ2v) is 6.23. The Labute approximate surface area is 169 Å². The van der Waals surface area contributed by atoms with E-state index in [-0.39, 0.29) is 25.5 Å². The highest BCUT2D eigenvalue weighted by molar-refractivity contribution is 5.93. The van der Waals surface area contributed by atoms with Crippen molar-refractivity contribution < 1.29 is 23.9 Å². The van der Waals surface area contributed by atoms with Crippen molar-refractivity contribution in [3.63, 3.8) is 0 Å². The van der Waals surface area contributed by atoms with Crippen LogP contribution in [0.15, 0.2) is 54.6 Å². The summed E-state index contributed by atoms with van der Waals surface area (Å²) in [6.45, 7) is 1.65. The summed E-state index contributed by atoms with van der Waals surface area (Å²) in [5, 5.41) is 5.24. The fourth-order valence-corrected chi connectivity index (χ4v) is 2.37. The van der Waals surface area contributed by atoms with Crippen molar-refractivity contribution in [2.24, 2.45) is 0 Å². The lowest BCUT2D eigenvalue weighted by Crippen LogP contribution is -2.26. The highest BCUT2D eigenvalue weighted by Crippen LogP contribution is 2.12. The number of hydrogen-bond acceptors (Lipinski definition) is 5. The summed E-state index contributed by atoms with van der Waals surface area (Å²) in [4.78, 5) is 35.3. The molecule has 0 saturated carbocycles. The molecule has 2 aromatic rings. The van der Waals surface area contributed by atoms with Crippen LogP contribution in [0.2, 0.25) is 0 Å². The van der Waals surface area contributed by atoms with Crippen LogP contribution in [-0.4, -0.2) is 38.0 Å². The van der Waals surface area contributed by atoms with Gasteiger partial charge in [0.15, 0.2) is 6.61 Å². The fourth-order valence-electron chi connectivity index (χ4n) is 2.37. The van der Waals surface area contributed by atoms with E-state index in [0.717, 1.165) is 16.9 Å². The van der Waals surface area contributed by atoms with Gasteiger partial charge in [-0.1, -0.05) is 24.3 Å². The molecule has 152 valence electrons. The van der Waals surface area contributed by atoms with Crippen LogP contribution in [0.3, 0.4) is 0 Å². The number of nitrogens with one attached hydrogen (secondary N) is 2. The molecule has 0 fully saturated rings. The van der Waals surface area contributed by atoms with Gasteiger partial charge >= 0.3 is 5.97 Å². The van der Waals surface area contributed by atoms with E-state index in [2.05, 4.69) is 10.6 Å². The van der Waals surface area contributed by atoms with Crippen LogP contribution >= 0.6 is 0 Å². The Morgan fingerprint density at radius 2 is 1.83 bits per heavy atom. The summed E-state index contributed by atoms with van der Waals surface area (Å²) in [6, 6.07) is 14.5. The lowest BCUT2D eigenvalue weighted by Gasteiger charge is -2.07. The number of anilines is 1. The maximum Gasteiger partial charge on any atom is 0.308 e. The van der Waals surface area contributed by atoms with Crippen LogP contribution in [0.25, 0.3) is 6.08 Å². The lowest BCUT2D eigenvalue weighted by atomic mass is 10.2. The van der Waals surface area contributed by atoms with Crippen LogP contribution in [0, 0.1) is 6.92 Å². The molecule has 2 amide bonds. The SMILES string of the molecule is COc1ccc(/C=C/C(=O)NCCC(=O)OCC(=O)Nc2cccc(C)c2)cc1. The quantitative estimate of drug-likeness (QED) is 0.502. The molecule has 0 atom stereocenters. The van der Waals surface area contributed by atoms with Crippen molar-refractivity contribution >= 4 is 29.5 Å². The number of carbonyl (C=O) groups excluding carboxylic acids is 3. The predicted molar refractivity (Wildman–Crippen MR) is 110 cm³/mol. The average Bonchev–Trinajstić information content (AvgIpc) is 2.71. The van der Waals surface area contributed by atoms with E-state index in [1.54, 1.807) is 31.4 Å². The van der Waals surface area contributed by atoms with Crippen molar-refractivity contribution in [1.29, 1.82) is 0 Å². The summed E-state index contributed by atoms with van der Waals surface area (Å²) in [5.74, 6) is -0.581. The molecule has 0 bridgehead atoms. The summed E-state index contributed by atoms with van der Waals surface area (Å²) >= 11 is 0. The number of carbonyl (C=O) groups is 3. The van der Waals surface area contributed by atoms with Gasteiger partial charge in [-0.15, -0.1) is 0 Å². The van der Waals surface area contributed by atoms with Crippen LogP contribution in [0.4, 0.5) is 5.69 Å². The first-order valence-electron chi connectivity index (χ1n) is 9.08. The van der Waals surface area contributed by atoms with Gasteiger partial charge < -0.3 is 20.1 Å². The zero-order valence-corrected chi connectivity index (χ0v) is 16.4. The summed E-state index contributed by atoms with van der Waals surface area (Å²) < 4.78 is 9.97. The van der Waals surface area contributed by atoms with Gasteiger partial charge in [0, 0.05) is 18.3 Å². The molecule has 2 rings (SSSR count). The molecule has 2 N–H and O–H groups in total. The van der Waals surface area contributed by atoms with Crippen molar-refractivity contribution in [2.75, 3.05) is 25.6 Å². The van der Waals surface area contributed by atoms with Crippen LogP contribution < -0.4 is 15.4 Å². The Balaban J connectivity index is 1.63. The smallest absolute Gasteiger partial charge is 0.308 e. The first-order valence-corrected chi connectivity index (χ1v) is 9.08. The standard InChI is InChI=1S/C22H24N2O5/c1-16-4-3-5-18(14-16)24-21(26)15-29-22(27)12-13-23-20(25)11-8-17-6-9-19(28-2)10-7-17/h3-11,14H,12-13,15H2,1-2H3,(H,23,25)(H,24,26)/b11-8+. The Morgan fingerprint density at radius 1 is 1.07 bits per heavy atom. The van der Waals surface area contributed by atoms with Gasteiger partial charge in [0.25, 0.3) is 5.91 Å². The molecule has 2 aromatic carbocycles. The van der Waals surface area contributed by atoms with Crippen molar-refractivity contribution in [3.05, 3.63) is 65.7 Å². The van der Waals surface area contributed by atoms with E-state index in [0.29, 0.717) is 5.69 Å². The number of amides is 2. The third kappa shape index (κ3) is 8.30. The van der Waals surface area contributed by atoms with Gasteiger partial charge in [-0.25, -0.2) is 0 Å². The largest absolute Gasteiger partial charge is 0.497 e. The van der Waals surface area contributed by atoms with E-state index in [1.807, 2.05) is 37.3 Å². The van der Waals surface area contributed by atoms with Gasteiger partial charge in [-0.05, 0) is 48.4 Å². The molecule has 0 aliphatic rings. The predicted octanol–water partition coefficient (Wildman–Crippen LogP) is 2.71. The highest BCUT2D eigenvalue weighted by atomic mass is 16.5. The number of benzene rings is 2. The Morgan fingerprint density at radius 3 is 2.52 bits per heavy atom. The second kappa shape index (κ2) is 11.3. The number of hydrogen-bond donors (Lipinski definition) is 2. The molecule has 0 heterocycles. The van der Waals surface area contributed by atoms with Crippen LogP contribution in [0.1, 0.15) is 17.5 Å². The average molecular weight is 396 g/mol. The first kappa shape index (κ1) is 21.7. The number of aryl methyl sites for hydroxylation is 1. The monoisotopic (exact) mass is 396 g/mol. The summed E-state index contributed by atoms with van der Waals surface area (Å²) in [6.07, 6.45) is 3.00. The molecule has 29 heavy (non-hydrogen) atoms. The first-order chi connectivity index (χ1) is 14.0. The Bertz CT molecular complexity index is 875. The number of esters is 1. The van der Waals surface area contributed by atoms with E-state index in [9.17, 15) is 14.4 Å².